The fourth-order valence-corrected chi connectivity index (χ4v) is 4.68. The van der Waals surface area contributed by atoms with Gasteiger partial charge in [-0.25, -0.2) is 0 Å². The molecule has 0 atom stereocenters. The van der Waals surface area contributed by atoms with Gasteiger partial charge in [0.25, 0.3) is 0 Å². The topological polar surface area (TPSA) is 73.3 Å². The lowest BCUT2D eigenvalue weighted by Crippen LogP contribution is -2.10. The fraction of sp³-hybridized carbons (Fsp3) is 0.484. The Hall–Kier alpha value is -2.88. The molecule has 0 spiro atoms. The van der Waals surface area contributed by atoms with Crippen molar-refractivity contribution in [2.24, 2.45) is 0 Å². The van der Waals surface area contributed by atoms with Crippen LogP contribution in [0.1, 0.15) is 106 Å². The molecule has 0 aliphatic carbocycles. The van der Waals surface area contributed by atoms with E-state index in [1.165, 1.54) is 82.6 Å². The Kier molecular flexibility index (Phi) is 11.6. The summed E-state index contributed by atoms with van der Waals surface area (Å²) in [6.45, 7) is 0. The summed E-state index contributed by atoms with van der Waals surface area (Å²) in [5.41, 5.74) is 7.39. The zero-order valence-electron chi connectivity index (χ0n) is 21.0. The number of fused-ring (bicyclic) bond motifs is 1. The Morgan fingerprint density at radius 3 is 1.91 bits per heavy atom. The van der Waals surface area contributed by atoms with E-state index < -0.39 is 0 Å². The molecule has 0 unspecified atom stereocenters. The maximum Gasteiger partial charge on any atom is 0.216 e. The van der Waals surface area contributed by atoms with E-state index in [0.29, 0.717) is 23.0 Å². The predicted molar refractivity (Wildman–Crippen MR) is 145 cm³/mol. The number of nitrogens with two attached hydrogens (primary N) is 1. The van der Waals surface area contributed by atoms with E-state index >= 15 is 0 Å². The molecular formula is C31H40NO3. The van der Waals surface area contributed by atoms with Gasteiger partial charge in [0.15, 0.2) is 12.0 Å². The molecule has 0 bridgehead atoms. The molecule has 1 aromatic heterocycles. The average Bonchev–Trinajstić information content (AvgIpc) is 2.88. The molecule has 1 heterocycles. The lowest BCUT2D eigenvalue weighted by molar-refractivity contribution is 0.0979. The minimum atomic E-state index is -0.334. The molecular weight excluding hydrogens is 434 g/mol. The van der Waals surface area contributed by atoms with Crippen LogP contribution < -0.4 is 11.2 Å². The summed E-state index contributed by atoms with van der Waals surface area (Å²) in [7, 11) is 0. The van der Waals surface area contributed by atoms with Gasteiger partial charge in [0.2, 0.25) is 5.43 Å². The van der Waals surface area contributed by atoms with Gasteiger partial charge >= 0.3 is 0 Å². The van der Waals surface area contributed by atoms with Crippen LogP contribution in [0.25, 0.3) is 11.0 Å². The maximum atomic E-state index is 12.6. The Bertz CT molecular complexity index is 1090. The molecule has 35 heavy (non-hydrogen) atoms. The zero-order chi connectivity index (χ0) is 24.7. The summed E-state index contributed by atoms with van der Waals surface area (Å²) < 4.78 is 5.35. The fourth-order valence-electron chi connectivity index (χ4n) is 4.68. The molecule has 0 aliphatic rings. The Balaban J connectivity index is 1.15. The number of carbonyl (C=O) groups is 1. The standard InChI is InChI=1S/C31H40NO3/c32-28-24-35-31-26(21-17-22-27(31)30(28)34)29(33)23-16-11-9-7-5-3-1-2-4-6-8-10-13-18-25-19-14-12-15-20-25/h12,14-15,17,19-22H,1-11,13,16,18,23,32H2. The highest BCUT2D eigenvalue weighted by Gasteiger charge is 2.14. The molecule has 2 N–H and O–H groups in total. The molecule has 0 amide bonds. The van der Waals surface area contributed by atoms with E-state index in [0.717, 1.165) is 12.8 Å². The van der Waals surface area contributed by atoms with Crippen LogP contribution in [0.4, 0.5) is 5.69 Å². The molecule has 3 aromatic rings. The van der Waals surface area contributed by atoms with E-state index in [1.54, 1.807) is 18.2 Å². The first kappa shape index (κ1) is 26.7. The van der Waals surface area contributed by atoms with E-state index in [2.05, 4.69) is 36.6 Å². The van der Waals surface area contributed by atoms with Crippen LogP contribution in [0.5, 0.6) is 0 Å². The molecule has 1 radical (unpaired) electrons. The van der Waals surface area contributed by atoms with Crippen LogP contribution in [0.2, 0.25) is 0 Å². The van der Waals surface area contributed by atoms with Crippen molar-refractivity contribution in [3.8, 4) is 0 Å². The number of para-hydroxylation sites is 1. The van der Waals surface area contributed by atoms with Crippen molar-refractivity contribution in [3.05, 3.63) is 76.1 Å². The van der Waals surface area contributed by atoms with E-state index in [-0.39, 0.29) is 16.9 Å². The molecule has 2 aromatic carbocycles. The minimum absolute atomic E-state index is 0.0111. The first-order chi connectivity index (χ1) is 17.2. The molecule has 0 fully saturated rings. The van der Waals surface area contributed by atoms with Gasteiger partial charge in [-0.15, -0.1) is 0 Å². The van der Waals surface area contributed by atoms with Gasteiger partial charge in [-0.2, -0.15) is 0 Å². The number of Topliss-reactive ketones (excluding diaryl/α,β-unsaturated/α-hetero) is 1. The predicted octanol–water partition coefficient (Wildman–Crippen LogP) is 8.06. The number of nitrogen functional groups attached to an aromatic ring is 1. The lowest BCUT2D eigenvalue weighted by Gasteiger charge is -2.05. The van der Waals surface area contributed by atoms with E-state index in [4.69, 9.17) is 10.2 Å². The van der Waals surface area contributed by atoms with Gasteiger partial charge < -0.3 is 10.2 Å². The van der Waals surface area contributed by atoms with Crippen LogP contribution in [-0.4, -0.2) is 5.78 Å². The number of ketones is 1. The molecule has 187 valence electrons. The quantitative estimate of drug-likeness (QED) is 0.159. The molecule has 4 heteroatoms. The monoisotopic (exact) mass is 474 g/mol. The number of anilines is 1. The molecule has 0 saturated carbocycles. The van der Waals surface area contributed by atoms with Crippen molar-refractivity contribution in [3.63, 3.8) is 0 Å². The second-order valence-corrected chi connectivity index (χ2v) is 9.63. The Labute approximate surface area is 209 Å². The Morgan fingerprint density at radius 2 is 1.29 bits per heavy atom. The highest BCUT2D eigenvalue weighted by Crippen LogP contribution is 2.20. The SMILES string of the molecule is Nc1[c]oc2c(C(=O)CCCCCCCCCCCCCCCc3ccccc3)cccc2c1=O. The smallest absolute Gasteiger partial charge is 0.216 e. The van der Waals surface area contributed by atoms with Gasteiger partial charge in [-0.05, 0) is 37.0 Å². The second-order valence-electron chi connectivity index (χ2n) is 9.63. The molecule has 4 nitrogen and oxygen atoms in total. The normalized spacial score (nSPS) is 11.2. The summed E-state index contributed by atoms with van der Waals surface area (Å²) in [5.74, 6) is 0.0111. The van der Waals surface area contributed by atoms with Crippen LogP contribution >= 0.6 is 0 Å². The number of hydrogen-bond acceptors (Lipinski definition) is 4. The zero-order valence-corrected chi connectivity index (χ0v) is 21.0. The largest absolute Gasteiger partial charge is 0.449 e. The van der Waals surface area contributed by atoms with Crippen LogP contribution in [0.3, 0.4) is 0 Å². The summed E-state index contributed by atoms with van der Waals surface area (Å²) >= 11 is 0. The summed E-state index contributed by atoms with van der Waals surface area (Å²) in [4.78, 5) is 24.7. The number of benzene rings is 2. The van der Waals surface area contributed by atoms with Gasteiger partial charge in [-0.1, -0.05) is 107 Å². The van der Waals surface area contributed by atoms with Crippen molar-refractivity contribution in [1.82, 2.24) is 0 Å². The number of unbranched alkanes of at least 4 members (excludes halogenated alkanes) is 12. The number of carbonyl (C=O) groups excluding carboxylic acids is 1. The highest BCUT2D eigenvalue weighted by molar-refractivity contribution is 6.06. The third kappa shape index (κ3) is 9.01. The Morgan fingerprint density at radius 1 is 0.714 bits per heavy atom. The van der Waals surface area contributed by atoms with Gasteiger partial charge in [0, 0.05) is 6.42 Å². The molecule has 3 rings (SSSR count). The van der Waals surface area contributed by atoms with Crippen LogP contribution in [0.15, 0.2) is 57.7 Å². The van der Waals surface area contributed by atoms with Crippen molar-refractivity contribution in [2.45, 2.75) is 96.3 Å². The average molecular weight is 475 g/mol. The van der Waals surface area contributed by atoms with Gasteiger partial charge in [0.05, 0.1) is 10.9 Å². The van der Waals surface area contributed by atoms with Gasteiger partial charge in [-0.3, -0.25) is 9.59 Å². The number of hydrogen-bond donors (Lipinski definition) is 1. The molecule has 0 saturated heterocycles. The van der Waals surface area contributed by atoms with E-state index in [1.807, 2.05) is 0 Å². The van der Waals surface area contributed by atoms with Gasteiger partial charge in [0.1, 0.15) is 11.3 Å². The number of rotatable bonds is 17. The maximum absolute atomic E-state index is 12.6. The molecule has 0 aliphatic heterocycles. The van der Waals surface area contributed by atoms with E-state index in [9.17, 15) is 9.59 Å². The highest BCUT2D eigenvalue weighted by atomic mass is 16.3. The summed E-state index contributed by atoms with van der Waals surface area (Å²) in [6.07, 6.45) is 20.5. The number of aryl methyl sites for hydroxylation is 1. The van der Waals surface area contributed by atoms with Crippen LogP contribution in [0, 0.1) is 6.26 Å². The first-order valence-electron chi connectivity index (χ1n) is 13.5. The van der Waals surface area contributed by atoms with Crippen molar-refractivity contribution in [2.75, 3.05) is 5.73 Å². The summed E-state index contributed by atoms with van der Waals surface area (Å²) in [6, 6.07) is 15.8. The third-order valence-corrected chi connectivity index (χ3v) is 6.78. The van der Waals surface area contributed by atoms with Crippen molar-refractivity contribution < 1.29 is 9.21 Å². The summed E-state index contributed by atoms with van der Waals surface area (Å²) in [5, 5.41) is 0.343. The first-order valence-corrected chi connectivity index (χ1v) is 13.5. The van der Waals surface area contributed by atoms with Crippen molar-refractivity contribution in [1.29, 1.82) is 0 Å². The second kappa shape index (κ2) is 15.2. The van der Waals surface area contributed by atoms with Crippen LogP contribution in [-0.2, 0) is 6.42 Å². The third-order valence-electron chi connectivity index (χ3n) is 6.78. The van der Waals surface area contributed by atoms with Crippen molar-refractivity contribution >= 4 is 22.4 Å². The lowest BCUT2D eigenvalue weighted by atomic mass is 10.0. The minimum Gasteiger partial charge on any atom is -0.449 e.